The number of benzene rings is 2. The highest BCUT2D eigenvalue weighted by Gasteiger charge is 2.13. The average molecular weight is 307 g/mol. The monoisotopic (exact) mass is 307 g/mol. The summed E-state index contributed by atoms with van der Waals surface area (Å²) in [7, 11) is 0. The summed E-state index contributed by atoms with van der Waals surface area (Å²) in [6.45, 7) is 5.89. The summed E-state index contributed by atoms with van der Waals surface area (Å²) in [4.78, 5) is 12.3. The van der Waals surface area contributed by atoms with E-state index in [2.05, 4.69) is 16.7 Å². The van der Waals surface area contributed by atoms with Crippen LogP contribution < -0.4 is 10.6 Å². The molecule has 0 spiro atoms. The zero-order chi connectivity index (χ0) is 16.8. The van der Waals surface area contributed by atoms with Gasteiger partial charge in [-0.05, 0) is 61.7 Å². The summed E-state index contributed by atoms with van der Waals surface area (Å²) >= 11 is 0. The van der Waals surface area contributed by atoms with Gasteiger partial charge in [0.05, 0.1) is 12.5 Å². The topological polar surface area (TPSA) is 64.9 Å². The molecule has 4 nitrogen and oxygen atoms in total. The molecule has 118 valence electrons. The van der Waals surface area contributed by atoms with E-state index in [1.165, 1.54) is 5.56 Å². The first-order valence-electron chi connectivity index (χ1n) is 7.60. The van der Waals surface area contributed by atoms with Crippen LogP contribution in [0.25, 0.3) is 0 Å². The number of amides is 1. The molecule has 0 saturated heterocycles. The van der Waals surface area contributed by atoms with Crippen molar-refractivity contribution in [3.63, 3.8) is 0 Å². The Morgan fingerprint density at radius 1 is 1.09 bits per heavy atom. The van der Waals surface area contributed by atoms with Crippen molar-refractivity contribution in [2.75, 3.05) is 10.6 Å². The highest BCUT2D eigenvalue weighted by atomic mass is 16.2. The van der Waals surface area contributed by atoms with Gasteiger partial charge in [-0.1, -0.05) is 18.2 Å². The van der Waals surface area contributed by atoms with Gasteiger partial charge in [-0.15, -0.1) is 0 Å². The molecule has 2 aromatic carbocycles. The molecule has 2 aromatic rings. The lowest BCUT2D eigenvalue weighted by molar-refractivity contribution is -0.116. The summed E-state index contributed by atoms with van der Waals surface area (Å²) in [5, 5.41) is 14.7. The van der Waals surface area contributed by atoms with Crippen molar-refractivity contribution in [1.29, 1.82) is 5.26 Å². The van der Waals surface area contributed by atoms with Crippen molar-refractivity contribution >= 4 is 17.3 Å². The van der Waals surface area contributed by atoms with Gasteiger partial charge in [-0.2, -0.15) is 5.26 Å². The lowest BCUT2D eigenvalue weighted by Crippen LogP contribution is -2.31. The number of hydrogen-bond donors (Lipinski definition) is 2. The van der Waals surface area contributed by atoms with Gasteiger partial charge < -0.3 is 10.6 Å². The average Bonchev–Trinajstić information content (AvgIpc) is 2.53. The summed E-state index contributed by atoms with van der Waals surface area (Å²) in [6, 6.07) is 15.2. The fraction of sp³-hybridized carbons (Fsp3) is 0.263. The maximum absolute atomic E-state index is 12.3. The van der Waals surface area contributed by atoms with E-state index in [1.54, 1.807) is 0 Å². The van der Waals surface area contributed by atoms with Crippen LogP contribution in [0.1, 0.15) is 23.6 Å². The molecule has 0 fully saturated rings. The predicted molar refractivity (Wildman–Crippen MR) is 93.4 cm³/mol. The van der Waals surface area contributed by atoms with E-state index < -0.39 is 0 Å². The van der Waals surface area contributed by atoms with Crippen LogP contribution >= 0.6 is 0 Å². The fourth-order valence-electron chi connectivity index (χ4n) is 2.20. The van der Waals surface area contributed by atoms with Gasteiger partial charge in [0.1, 0.15) is 6.04 Å². The zero-order valence-electron chi connectivity index (χ0n) is 13.7. The third-order valence-corrected chi connectivity index (χ3v) is 3.79. The Bertz CT molecular complexity index is 729. The molecule has 1 amide bonds. The van der Waals surface area contributed by atoms with Crippen LogP contribution in [0.2, 0.25) is 0 Å². The van der Waals surface area contributed by atoms with E-state index in [0.717, 1.165) is 22.5 Å². The number of rotatable bonds is 5. The van der Waals surface area contributed by atoms with Crippen molar-refractivity contribution in [1.82, 2.24) is 0 Å². The number of carbonyl (C=O) groups excluding carboxylic acids is 1. The molecule has 0 bridgehead atoms. The highest BCUT2D eigenvalue weighted by molar-refractivity contribution is 5.96. The van der Waals surface area contributed by atoms with Gasteiger partial charge in [0, 0.05) is 11.4 Å². The lowest BCUT2D eigenvalue weighted by atomic mass is 10.1. The smallest absolute Gasteiger partial charge is 0.246 e. The Labute approximate surface area is 137 Å². The molecule has 0 aliphatic carbocycles. The first kappa shape index (κ1) is 16.6. The SMILES string of the molecule is Cc1ccc(NC(=O)C(C)Nc2ccc(CC#N)cc2)cc1C. The second kappa shape index (κ2) is 7.46. The standard InChI is InChI=1S/C19H21N3O/c1-13-4-7-18(12-14(13)2)22-19(23)15(3)21-17-8-5-16(6-9-17)10-11-20/h4-9,12,15,21H,10H2,1-3H3,(H,22,23). The Morgan fingerprint density at radius 3 is 2.35 bits per heavy atom. The van der Waals surface area contributed by atoms with Crippen molar-refractivity contribution in [3.05, 3.63) is 59.2 Å². The van der Waals surface area contributed by atoms with Crippen LogP contribution in [0.5, 0.6) is 0 Å². The number of hydrogen-bond acceptors (Lipinski definition) is 3. The molecule has 1 unspecified atom stereocenters. The molecule has 0 aliphatic rings. The van der Waals surface area contributed by atoms with Crippen LogP contribution in [0.4, 0.5) is 11.4 Å². The van der Waals surface area contributed by atoms with Crippen LogP contribution in [0.15, 0.2) is 42.5 Å². The highest BCUT2D eigenvalue weighted by Crippen LogP contribution is 2.15. The molecular formula is C19H21N3O. The summed E-state index contributed by atoms with van der Waals surface area (Å²) in [5.74, 6) is -0.0886. The molecule has 23 heavy (non-hydrogen) atoms. The quantitative estimate of drug-likeness (QED) is 0.883. The first-order chi connectivity index (χ1) is 11.0. The number of nitrogens with zero attached hydrogens (tertiary/aromatic N) is 1. The minimum Gasteiger partial charge on any atom is -0.374 e. The Morgan fingerprint density at radius 2 is 1.74 bits per heavy atom. The van der Waals surface area contributed by atoms with Crippen molar-refractivity contribution < 1.29 is 4.79 Å². The fourth-order valence-corrected chi connectivity index (χ4v) is 2.20. The maximum atomic E-state index is 12.3. The summed E-state index contributed by atoms with van der Waals surface area (Å²) in [5.41, 5.74) is 4.97. The Kier molecular flexibility index (Phi) is 5.37. The van der Waals surface area contributed by atoms with Gasteiger partial charge in [-0.3, -0.25) is 4.79 Å². The van der Waals surface area contributed by atoms with Crippen molar-refractivity contribution in [2.45, 2.75) is 33.2 Å². The van der Waals surface area contributed by atoms with E-state index in [9.17, 15) is 4.79 Å². The van der Waals surface area contributed by atoms with Gasteiger partial charge >= 0.3 is 0 Å². The van der Waals surface area contributed by atoms with E-state index >= 15 is 0 Å². The van der Waals surface area contributed by atoms with Gasteiger partial charge in [0.25, 0.3) is 0 Å². The summed E-state index contributed by atoms with van der Waals surface area (Å²) in [6.07, 6.45) is 0.392. The molecule has 2 N–H and O–H groups in total. The number of nitrogens with one attached hydrogen (secondary N) is 2. The second-order valence-electron chi connectivity index (χ2n) is 5.69. The van der Waals surface area contributed by atoms with E-state index in [4.69, 9.17) is 5.26 Å². The first-order valence-corrected chi connectivity index (χ1v) is 7.60. The molecule has 4 heteroatoms. The van der Waals surface area contributed by atoms with Gasteiger partial charge in [-0.25, -0.2) is 0 Å². The third-order valence-electron chi connectivity index (χ3n) is 3.79. The molecule has 2 rings (SSSR count). The molecule has 0 aromatic heterocycles. The number of carbonyl (C=O) groups is 1. The normalized spacial score (nSPS) is 11.4. The molecular weight excluding hydrogens is 286 g/mol. The van der Waals surface area contributed by atoms with E-state index in [0.29, 0.717) is 6.42 Å². The maximum Gasteiger partial charge on any atom is 0.246 e. The van der Waals surface area contributed by atoms with E-state index in [-0.39, 0.29) is 11.9 Å². The van der Waals surface area contributed by atoms with Crippen molar-refractivity contribution in [3.8, 4) is 6.07 Å². The summed E-state index contributed by atoms with van der Waals surface area (Å²) < 4.78 is 0. The van der Waals surface area contributed by atoms with Gasteiger partial charge in [0.2, 0.25) is 5.91 Å². The minimum absolute atomic E-state index is 0.0886. The van der Waals surface area contributed by atoms with Crippen LogP contribution in [-0.2, 0) is 11.2 Å². The molecule has 0 radical (unpaired) electrons. The molecule has 0 heterocycles. The van der Waals surface area contributed by atoms with Crippen LogP contribution in [0.3, 0.4) is 0 Å². The van der Waals surface area contributed by atoms with E-state index in [1.807, 2.05) is 63.2 Å². The van der Waals surface area contributed by atoms with Gasteiger partial charge in [0.15, 0.2) is 0 Å². The minimum atomic E-state index is -0.363. The predicted octanol–water partition coefficient (Wildman–Crippen LogP) is 3.81. The largest absolute Gasteiger partial charge is 0.374 e. The molecule has 0 saturated carbocycles. The van der Waals surface area contributed by atoms with Crippen LogP contribution in [0, 0.1) is 25.2 Å². The number of anilines is 2. The Hall–Kier alpha value is -2.80. The van der Waals surface area contributed by atoms with Crippen molar-refractivity contribution in [2.24, 2.45) is 0 Å². The molecule has 1 atom stereocenters. The zero-order valence-corrected chi connectivity index (χ0v) is 13.7. The molecule has 0 aliphatic heterocycles. The lowest BCUT2D eigenvalue weighted by Gasteiger charge is -2.16. The Balaban J connectivity index is 1.96. The number of nitriles is 1. The number of aryl methyl sites for hydroxylation is 2. The second-order valence-corrected chi connectivity index (χ2v) is 5.69. The van der Waals surface area contributed by atoms with Crippen LogP contribution in [-0.4, -0.2) is 11.9 Å². The third kappa shape index (κ3) is 4.58.